The summed E-state index contributed by atoms with van der Waals surface area (Å²) in [5.41, 5.74) is 6.55. The van der Waals surface area contributed by atoms with Gasteiger partial charge in [0.15, 0.2) is 11.3 Å². The molecule has 0 radical (unpaired) electrons. The molecule has 0 unspecified atom stereocenters. The maximum atomic E-state index is 14.3. The molecule has 0 aliphatic heterocycles. The number of hydrogen-bond acceptors (Lipinski definition) is 11. The Morgan fingerprint density at radius 3 is 1.53 bits per heavy atom. The van der Waals surface area contributed by atoms with Crippen molar-refractivity contribution in [2.75, 3.05) is 0 Å². The monoisotopic (exact) mass is 829 g/mol. The third-order valence-electron chi connectivity index (χ3n) is 8.95. The molecule has 8 aromatic rings. The number of hydrogen-bond donors (Lipinski definition) is 2. The van der Waals surface area contributed by atoms with Crippen molar-refractivity contribution in [1.82, 2.24) is 39.0 Å². The average molecular weight is 830 g/mol. The van der Waals surface area contributed by atoms with Crippen molar-refractivity contribution < 1.29 is 25.6 Å². The van der Waals surface area contributed by atoms with Crippen LogP contribution in [0.2, 0.25) is 0 Å². The van der Waals surface area contributed by atoms with Crippen LogP contribution in [0, 0.1) is 36.8 Å². The number of nitriles is 1. The summed E-state index contributed by atoms with van der Waals surface area (Å²) in [7, 11) is -8.27. The van der Waals surface area contributed by atoms with Crippen LogP contribution < -0.4 is 10.3 Å². The van der Waals surface area contributed by atoms with Gasteiger partial charge in [-0.05, 0) is 73.5 Å². The lowest BCUT2D eigenvalue weighted by molar-refractivity contribution is 0.564. The molecule has 6 aromatic heterocycles. The molecule has 15 nitrogen and oxygen atoms in total. The highest BCUT2D eigenvalue weighted by molar-refractivity contribution is 7.89. The Kier molecular flexibility index (Phi) is 10.4. The number of nitrogens with zero attached hydrogens (tertiary/aromatic N) is 9. The number of halogens is 3. The number of aromatic nitrogens is 8. The van der Waals surface area contributed by atoms with Crippen molar-refractivity contribution >= 4 is 75.8 Å². The maximum Gasteiger partial charge on any atom is 0.240 e. The summed E-state index contributed by atoms with van der Waals surface area (Å²) in [6.07, 6.45) is 3.26. The van der Waals surface area contributed by atoms with Crippen molar-refractivity contribution in [2.24, 2.45) is 10.3 Å². The smallest absolute Gasteiger partial charge is 0.240 e. The Hall–Kier alpha value is -6.04. The molecule has 0 amide bonds. The van der Waals surface area contributed by atoms with Gasteiger partial charge in [-0.25, -0.2) is 65.8 Å². The summed E-state index contributed by atoms with van der Waals surface area (Å²) in [5.74, 6) is -0.607. The zero-order valence-electron chi connectivity index (χ0n) is 30.0. The standard InChI is InChI=1S/C19H15FN6O2S.C18H15ClFN5O2S/c1-11-2-4-13-18-15(9-23-19(13)24-11)25-17(6-7-21)26(18)10-12-3-5-16(14(20)8-12)29(22,27)28;1-10-2-4-12-17-14(8-22-18(12)23-10)24-16(7-19)25(17)9-11-3-5-15(13(20)6-11)28(21,26)27/h2-5,8-9H,6,10H2,1H3,(H2,22,27,28);2-6,8H,7,9H2,1H3,(H2,21,26,27). The van der Waals surface area contributed by atoms with E-state index < -0.39 is 41.5 Å². The van der Waals surface area contributed by atoms with Crippen LogP contribution in [0.15, 0.2) is 82.8 Å². The van der Waals surface area contributed by atoms with E-state index >= 15 is 0 Å². The molecule has 0 fully saturated rings. The van der Waals surface area contributed by atoms with Gasteiger partial charge in [-0.2, -0.15) is 5.26 Å². The summed E-state index contributed by atoms with van der Waals surface area (Å²) in [5, 5.41) is 20.8. The van der Waals surface area contributed by atoms with E-state index in [0.29, 0.717) is 45.1 Å². The lowest BCUT2D eigenvalue weighted by atomic mass is 10.2. The molecule has 0 bridgehead atoms. The number of pyridine rings is 4. The number of benzene rings is 2. The summed E-state index contributed by atoms with van der Waals surface area (Å²) in [6.45, 7) is 4.16. The molecule has 0 saturated heterocycles. The van der Waals surface area contributed by atoms with Crippen LogP contribution in [-0.4, -0.2) is 55.9 Å². The first kappa shape index (κ1) is 39.2. The van der Waals surface area contributed by atoms with Gasteiger partial charge >= 0.3 is 0 Å². The minimum atomic E-state index is -4.15. The summed E-state index contributed by atoms with van der Waals surface area (Å²) in [6, 6.07) is 17.2. The van der Waals surface area contributed by atoms with Crippen LogP contribution in [-0.2, 0) is 45.4 Å². The first-order valence-electron chi connectivity index (χ1n) is 16.8. The van der Waals surface area contributed by atoms with E-state index in [9.17, 15) is 30.9 Å². The van der Waals surface area contributed by atoms with E-state index in [1.165, 1.54) is 12.1 Å². The minimum Gasteiger partial charge on any atom is -0.322 e. The number of sulfonamides is 2. The minimum absolute atomic E-state index is 0.0488. The van der Waals surface area contributed by atoms with E-state index in [1.54, 1.807) is 17.0 Å². The number of fused-ring (bicyclic) bond motifs is 6. The first-order chi connectivity index (χ1) is 27.0. The second-order valence-electron chi connectivity index (χ2n) is 12.9. The van der Waals surface area contributed by atoms with Gasteiger partial charge in [0.05, 0.1) is 41.8 Å². The van der Waals surface area contributed by atoms with Crippen molar-refractivity contribution in [1.29, 1.82) is 5.26 Å². The predicted octanol–water partition coefficient (Wildman–Crippen LogP) is 5.05. The van der Waals surface area contributed by atoms with Crippen LogP contribution >= 0.6 is 11.6 Å². The fourth-order valence-corrected chi connectivity index (χ4v) is 7.82. The summed E-state index contributed by atoms with van der Waals surface area (Å²) in [4.78, 5) is 25.4. The van der Waals surface area contributed by atoms with E-state index in [2.05, 4.69) is 36.0 Å². The van der Waals surface area contributed by atoms with Crippen molar-refractivity contribution in [2.45, 2.75) is 49.0 Å². The molecule has 290 valence electrons. The molecule has 2 aromatic carbocycles. The molecule has 0 aliphatic carbocycles. The molecule has 0 atom stereocenters. The van der Waals surface area contributed by atoms with Gasteiger partial charge in [0, 0.05) is 35.2 Å². The average Bonchev–Trinajstić information content (AvgIpc) is 3.68. The molecular weight excluding hydrogens is 800 g/mol. The SMILES string of the molecule is Cc1ccc2c(ncc3nc(CC#N)n(Cc4ccc(S(N)(=O)=O)c(F)c4)c32)n1.Cc1ccc2c(ncc3nc(CCl)n(Cc4ccc(S(N)(=O)=O)c(F)c4)c32)n1. The fraction of sp³-hybridized carbons (Fsp3) is 0.162. The van der Waals surface area contributed by atoms with Crippen LogP contribution in [0.5, 0.6) is 0 Å². The number of rotatable bonds is 8. The van der Waals surface area contributed by atoms with E-state index in [4.69, 9.17) is 21.9 Å². The second-order valence-corrected chi connectivity index (χ2v) is 16.3. The maximum absolute atomic E-state index is 14.3. The molecule has 8 rings (SSSR count). The predicted molar refractivity (Wildman–Crippen MR) is 208 cm³/mol. The largest absolute Gasteiger partial charge is 0.322 e. The van der Waals surface area contributed by atoms with Gasteiger partial charge in [-0.3, -0.25) is 0 Å². The first-order valence-corrected chi connectivity index (χ1v) is 20.5. The van der Waals surface area contributed by atoms with Gasteiger partial charge in [0.2, 0.25) is 20.0 Å². The molecule has 0 spiro atoms. The highest BCUT2D eigenvalue weighted by Gasteiger charge is 2.20. The third kappa shape index (κ3) is 7.85. The van der Waals surface area contributed by atoms with Gasteiger partial charge < -0.3 is 9.13 Å². The molecular formula is C37H30ClF2N11O4S2. The molecule has 6 heterocycles. The van der Waals surface area contributed by atoms with Crippen molar-refractivity contribution in [3.8, 4) is 6.07 Å². The topological polar surface area (TPSA) is 231 Å². The van der Waals surface area contributed by atoms with Gasteiger partial charge in [-0.15, -0.1) is 11.6 Å². The summed E-state index contributed by atoms with van der Waals surface area (Å²) < 4.78 is 77.9. The fourth-order valence-electron chi connectivity index (χ4n) is 6.44. The number of alkyl halides is 1. The molecule has 4 N–H and O–H groups in total. The Morgan fingerprint density at radius 1 is 0.684 bits per heavy atom. The Labute approximate surface area is 328 Å². The van der Waals surface area contributed by atoms with Gasteiger partial charge in [-0.1, -0.05) is 12.1 Å². The van der Waals surface area contributed by atoms with Gasteiger partial charge in [0.25, 0.3) is 0 Å². The Balaban J connectivity index is 0.000000174. The third-order valence-corrected chi connectivity index (χ3v) is 11.1. The number of nitrogens with two attached hydrogens (primary N) is 2. The van der Waals surface area contributed by atoms with E-state index in [1.807, 2.05) is 42.7 Å². The van der Waals surface area contributed by atoms with Crippen molar-refractivity contribution in [3.63, 3.8) is 0 Å². The number of primary sulfonamides is 2. The zero-order valence-corrected chi connectivity index (χ0v) is 32.4. The van der Waals surface area contributed by atoms with Crippen LogP contribution in [0.1, 0.15) is 34.2 Å². The Morgan fingerprint density at radius 2 is 1.12 bits per heavy atom. The molecule has 20 heteroatoms. The highest BCUT2D eigenvalue weighted by atomic mass is 35.5. The number of imidazole rings is 2. The quantitative estimate of drug-likeness (QED) is 0.192. The van der Waals surface area contributed by atoms with Crippen LogP contribution in [0.25, 0.3) is 44.1 Å². The van der Waals surface area contributed by atoms with Gasteiger partial charge in [0.1, 0.15) is 44.1 Å². The van der Waals surface area contributed by atoms with E-state index in [-0.39, 0.29) is 25.4 Å². The lowest BCUT2D eigenvalue weighted by Gasteiger charge is -2.10. The van der Waals surface area contributed by atoms with Crippen LogP contribution in [0.4, 0.5) is 8.78 Å². The van der Waals surface area contributed by atoms with Crippen LogP contribution in [0.3, 0.4) is 0 Å². The second kappa shape index (κ2) is 15.1. The normalized spacial score (nSPS) is 12.0. The number of aryl methyl sites for hydroxylation is 2. The lowest BCUT2D eigenvalue weighted by Crippen LogP contribution is -2.14. The molecule has 0 aliphatic rings. The van der Waals surface area contributed by atoms with E-state index in [0.717, 1.165) is 57.5 Å². The molecule has 0 saturated carbocycles. The highest BCUT2D eigenvalue weighted by Crippen LogP contribution is 2.28. The van der Waals surface area contributed by atoms with Crippen molar-refractivity contribution in [3.05, 3.63) is 119 Å². The zero-order chi connectivity index (χ0) is 40.8. The Bertz CT molecular complexity index is 3190. The summed E-state index contributed by atoms with van der Waals surface area (Å²) >= 11 is 6.07. The molecule has 57 heavy (non-hydrogen) atoms.